The molecule has 19 heavy (non-hydrogen) atoms. The molecule has 1 aliphatic carbocycles. The van der Waals surface area contributed by atoms with Gasteiger partial charge in [0.1, 0.15) is 0 Å². The summed E-state index contributed by atoms with van der Waals surface area (Å²) in [5.41, 5.74) is 0. The Labute approximate surface area is 116 Å². The van der Waals surface area contributed by atoms with Gasteiger partial charge < -0.3 is 10.1 Å². The summed E-state index contributed by atoms with van der Waals surface area (Å²) in [6.07, 6.45) is 8.61. The maximum atomic E-state index is 11.9. The first-order chi connectivity index (χ1) is 9.25. The second kappa shape index (κ2) is 7.85. The topological polar surface area (TPSA) is 41.6 Å². The van der Waals surface area contributed by atoms with Crippen molar-refractivity contribution in [2.24, 2.45) is 5.92 Å². The Bertz CT molecular complexity index is 271. The van der Waals surface area contributed by atoms with Gasteiger partial charge in [-0.25, -0.2) is 0 Å². The molecule has 2 aliphatic rings. The van der Waals surface area contributed by atoms with E-state index in [4.69, 9.17) is 4.74 Å². The Hall–Kier alpha value is -0.610. The quantitative estimate of drug-likeness (QED) is 0.798. The van der Waals surface area contributed by atoms with E-state index in [1.165, 1.54) is 38.5 Å². The number of nitrogens with one attached hydrogen (secondary N) is 1. The van der Waals surface area contributed by atoms with Crippen molar-refractivity contribution in [1.29, 1.82) is 0 Å². The van der Waals surface area contributed by atoms with Gasteiger partial charge in [0.2, 0.25) is 5.91 Å². The largest absolute Gasteiger partial charge is 0.381 e. The van der Waals surface area contributed by atoms with Crippen LogP contribution in [0.5, 0.6) is 0 Å². The molecule has 1 saturated heterocycles. The Morgan fingerprint density at radius 3 is 2.74 bits per heavy atom. The van der Waals surface area contributed by atoms with Crippen molar-refractivity contribution in [3.05, 3.63) is 0 Å². The standard InChI is InChI=1S/C15H28N2O2/c1-17(14-6-2-3-7-14)11-15(18)16-9-8-13-5-4-10-19-12-13/h13-14H,2-12H2,1H3,(H,16,18)/t13-/m1/s1. The van der Waals surface area contributed by atoms with E-state index in [0.29, 0.717) is 18.5 Å². The normalized spacial score (nSPS) is 24.8. The maximum absolute atomic E-state index is 11.9. The third kappa shape index (κ3) is 5.11. The van der Waals surface area contributed by atoms with Gasteiger partial charge >= 0.3 is 0 Å². The van der Waals surface area contributed by atoms with Crippen molar-refractivity contribution in [2.75, 3.05) is 33.4 Å². The SMILES string of the molecule is CN(CC(=O)NCC[C@H]1CCCOC1)C1CCCC1. The summed E-state index contributed by atoms with van der Waals surface area (Å²) in [6.45, 7) is 3.13. The Morgan fingerprint density at radius 1 is 1.26 bits per heavy atom. The van der Waals surface area contributed by atoms with Crippen LogP contribution in [0.4, 0.5) is 0 Å². The predicted molar refractivity (Wildman–Crippen MR) is 76.1 cm³/mol. The highest BCUT2D eigenvalue weighted by molar-refractivity contribution is 5.77. The van der Waals surface area contributed by atoms with Gasteiger partial charge in [-0.05, 0) is 45.1 Å². The smallest absolute Gasteiger partial charge is 0.234 e. The molecule has 0 radical (unpaired) electrons. The van der Waals surface area contributed by atoms with E-state index in [-0.39, 0.29) is 5.91 Å². The van der Waals surface area contributed by atoms with Gasteiger partial charge in [-0.15, -0.1) is 0 Å². The van der Waals surface area contributed by atoms with Crippen LogP contribution in [0.2, 0.25) is 0 Å². The first-order valence-electron chi connectivity index (χ1n) is 7.80. The van der Waals surface area contributed by atoms with Crippen LogP contribution in [0.1, 0.15) is 44.9 Å². The van der Waals surface area contributed by atoms with Gasteiger partial charge in [-0.3, -0.25) is 9.69 Å². The monoisotopic (exact) mass is 268 g/mol. The third-order valence-corrected chi connectivity index (χ3v) is 4.47. The number of hydrogen-bond donors (Lipinski definition) is 1. The number of carbonyl (C=O) groups excluding carboxylic acids is 1. The van der Waals surface area contributed by atoms with Gasteiger partial charge in [-0.2, -0.15) is 0 Å². The highest BCUT2D eigenvalue weighted by Gasteiger charge is 2.21. The lowest BCUT2D eigenvalue weighted by Gasteiger charge is -2.24. The lowest BCUT2D eigenvalue weighted by Crippen LogP contribution is -2.40. The lowest BCUT2D eigenvalue weighted by atomic mass is 9.99. The van der Waals surface area contributed by atoms with Crippen LogP contribution < -0.4 is 5.32 Å². The fourth-order valence-electron chi connectivity index (χ4n) is 3.21. The van der Waals surface area contributed by atoms with Gasteiger partial charge in [0, 0.05) is 25.8 Å². The fourth-order valence-corrected chi connectivity index (χ4v) is 3.21. The molecular weight excluding hydrogens is 240 g/mol. The van der Waals surface area contributed by atoms with Crippen LogP contribution in [0, 0.1) is 5.92 Å². The minimum atomic E-state index is 0.172. The molecule has 4 nitrogen and oxygen atoms in total. The van der Waals surface area contributed by atoms with Crippen LogP contribution in [0.15, 0.2) is 0 Å². The Kier molecular flexibility index (Phi) is 6.11. The summed E-state index contributed by atoms with van der Waals surface area (Å²) in [7, 11) is 2.07. The molecule has 4 heteroatoms. The predicted octanol–water partition coefficient (Wildman–Crippen LogP) is 1.79. The highest BCUT2D eigenvalue weighted by atomic mass is 16.5. The summed E-state index contributed by atoms with van der Waals surface area (Å²) in [4.78, 5) is 14.1. The van der Waals surface area contributed by atoms with Crippen LogP contribution in [0.3, 0.4) is 0 Å². The molecule has 2 rings (SSSR count). The molecule has 1 aliphatic heterocycles. The molecule has 1 saturated carbocycles. The first kappa shape index (κ1) is 14.8. The van der Waals surface area contributed by atoms with E-state index in [9.17, 15) is 4.79 Å². The van der Waals surface area contributed by atoms with E-state index in [0.717, 1.165) is 26.2 Å². The number of carbonyl (C=O) groups is 1. The molecule has 1 heterocycles. The fraction of sp³-hybridized carbons (Fsp3) is 0.933. The summed E-state index contributed by atoms with van der Waals surface area (Å²) in [6, 6.07) is 0.623. The molecule has 0 aromatic rings. The summed E-state index contributed by atoms with van der Waals surface area (Å²) >= 11 is 0. The van der Waals surface area contributed by atoms with Crippen LogP contribution in [-0.2, 0) is 9.53 Å². The highest BCUT2D eigenvalue weighted by Crippen LogP contribution is 2.22. The summed E-state index contributed by atoms with van der Waals surface area (Å²) < 4.78 is 5.45. The number of amides is 1. The summed E-state index contributed by atoms with van der Waals surface area (Å²) in [5, 5.41) is 3.05. The van der Waals surface area contributed by atoms with E-state index < -0.39 is 0 Å². The zero-order valence-corrected chi connectivity index (χ0v) is 12.2. The minimum absolute atomic E-state index is 0.172. The maximum Gasteiger partial charge on any atom is 0.234 e. The van der Waals surface area contributed by atoms with Gasteiger partial charge in [0.25, 0.3) is 0 Å². The Morgan fingerprint density at radius 2 is 2.05 bits per heavy atom. The van der Waals surface area contributed by atoms with Crippen LogP contribution in [-0.4, -0.2) is 50.2 Å². The molecule has 0 aromatic carbocycles. The van der Waals surface area contributed by atoms with Crippen molar-refractivity contribution in [2.45, 2.75) is 51.0 Å². The minimum Gasteiger partial charge on any atom is -0.381 e. The zero-order chi connectivity index (χ0) is 13.5. The number of nitrogens with zero attached hydrogens (tertiary/aromatic N) is 1. The molecule has 2 fully saturated rings. The molecule has 1 atom stereocenters. The average Bonchev–Trinajstić information content (AvgIpc) is 2.94. The van der Waals surface area contributed by atoms with Gasteiger partial charge in [0.15, 0.2) is 0 Å². The molecule has 110 valence electrons. The molecule has 1 N–H and O–H groups in total. The van der Waals surface area contributed by atoms with Crippen LogP contribution >= 0.6 is 0 Å². The zero-order valence-electron chi connectivity index (χ0n) is 12.2. The average molecular weight is 268 g/mol. The second-order valence-electron chi connectivity index (χ2n) is 6.08. The molecule has 0 unspecified atom stereocenters. The van der Waals surface area contributed by atoms with E-state index in [2.05, 4.69) is 17.3 Å². The van der Waals surface area contributed by atoms with Crippen molar-refractivity contribution >= 4 is 5.91 Å². The van der Waals surface area contributed by atoms with Gasteiger partial charge in [-0.1, -0.05) is 12.8 Å². The number of ether oxygens (including phenoxy) is 1. The molecule has 0 bridgehead atoms. The molecular formula is C15H28N2O2. The van der Waals surface area contributed by atoms with Crippen molar-refractivity contribution in [1.82, 2.24) is 10.2 Å². The van der Waals surface area contributed by atoms with E-state index in [1.807, 2.05) is 0 Å². The molecule has 0 spiro atoms. The Balaban J connectivity index is 1.56. The second-order valence-corrected chi connectivity index (χ2v) is 6.08. The lowest BCUT2D eigenvalue weighted by molar-refractivity contribution is -0.122. The molecule has 0 aromatic heterocycles. The van der Waals surface area contributed by atoms with Crippen molar-refractivity contribution in [3.8, 4) is 0 Å². The van der Waals surface area contributed by atoms with Crippen molar-refractivity contribution in [3.63, 3.8) is 0 Å². The first-order valence-corrected chi connectivity index (χ1v) is 7.80. The molecule has 1 amide bonds. The number of rotatable bonds is 6. The number of hydrogen-bond acceptors (Lipinski definition) is 3. The van der Waals surface area contributed by atoms with Crippen LogP contribution in [0.25, 0.3) is 0 Å². The van der Waals surface area contributed by atoms with E-state index in [1.54, 1.807) is 0 Å². The van der Waals surface area contributed by atoms with E-state index >= 15 is 0 Å². The van der Waals surface area contributed by atoms with Gasteiger partial charge in [0.05, 0.1) is 6.54 Å². The number of likely N-dealkylation sites (N-methyl/N-ethyl adjacent to an activating group) is 1. The van der Waals surface area contributed by atoms with Crippen molar-refractivity contribution < 1.29 is 9.53 Å². The third-order valence-electron chi connectivity index (χ3n) is 4.47. The summed E-state index contributed by atoms with van der Waals surface area (Å²) in [5.74, 6) is 0.813.